The number of halogens is 1. The van der Waals surface area contributed by atoms with Crippen LogP contribution in [0.2, 0.25) is 5.02 Å². The van der Waals surface area contributed by atoms with Gasteiger partial charge in [-0.3, -0.25) is 4.79 Å². The van der Waals surface area contributed by atoms with Crippen LogP contribution < -0.4 is 4.90 Å². The van der Waals surface area contributed by atoms with Crippen LogP contribution >= 0.6 is 11.6 Å². The normalized spacial score (nSPS) is 13.7. The maximum atomic E-state index is 11.6. The summed E-state index contributed by atoms with van der Waals surface area (Å²) >= 11 is 6.03. The fourth-order valence-corrected chi connectivity index (χ4v) is 2.15. The van der Waals surface area contributed by atoms with Crippen molar-refractivity contribution in [1.29, 1.82) is 5.26 Å². The van der Waals surface area contributed by atoms with Crippen LogP contribution in [0.15, 0.2) is 18.2 Å². The lowest BCUT2D eigenvalue weighted by Gasteiger charge is -2.23. The lowest BCUT2D eigenvalue weighted by molar-refractivity contribution is -0.141. The minimum Gasteiger partial charge on any atom is -0.465 e. The molecule has 4 nitrogen and oxygen atoms in total. The van der Waals surface area contributed by atoms with Crippen LogP contribution in [0.25, 0.3) is 0 Å². The van der Waals surface area contributed by atoms with Gasteiger partial charge in [-0.15, -0.1) is 0 Å². The van der Waals surface area contributed by atoms with E-state index in [2.05, 4.69) is 0 Å². The predicted molar refractivity (Wildman–Crippen MR) is 73.2 cm³/mol. The highest BCUT2D eigenvalue weighted by molar-refractivity contribution is 6.32. The SMILES string of the molecule is CCOC(=O)CN(c1ccc(C#N)c(Cl)c1)C1CC1. The van der Waals surface area contributed by atoms with Gasteiger partial charge in [-0.2, -0.15) is 5.26 Å². The van der Waals surface area contributed by atoms with Gasteiger partial charge < -0.3 is 9.64 Å². The Morgan fingerprint density at radius 2 is 2.32 bits per heavy atom. The predicted octanol–water partition coefficient (Wildman–Crippen LogP) is 2.74. The Bertz CT molecular complexity index is 521. The van der Waals surface area contributed by atoms with E-state index in [1.54, 1.807) is 19.1 Å². The van der Waals surface area contributed by atoms with Gasteiger partial charge in [0.2, 0.25) is 0 Å². The number of esters is 1. The highest BCUT2D eigenvalue weighted by atomic mass is 35.5. The number of ether oxygens (including phenoxy) is 1. The molecule has 1 aliphatic carbocycles. The van der Waals surface area contributed by atoms with E-state index in [4.69, 9.17) is 21.6 Å². The third-order valence-electron chi connectivity index (χ3n) is 3.00. The van der Waals surface area contributed by atoms with Crippen LogP contribution in [0.5, 0.6) is 0 Å². The van der Waals surface area contributed by atoms with Gasteiger partial charge in [0.1, 0.15) is 12.6 Å². The van der Waals surface area contributed by atoms with Crippen molar-refractivity contribution in [2.24, 2.45) is 0 Å². The summed E-state index contributed by atoms with van der Waals surface area (Å²) < 4.78 is 4.98. The average Bonchev–Trinajstić information content (AvgIpc) is 3.20. The molecule has 0 bridgehead atoms. The molecule has 0 heterocycles. The van der Waals surface area contributed by atoms with E-state index in [-0.39, 0.29) is 12.5 Å². The summed E-state index contributed by atoms with van der Waals surface area (Å²) in [5.74, 6) is -0.241. The number of anilines is 1. The molecule has 1 aromatic rings. The number of carbonyl (C=O) groups excluding carboxylic acids is 1. The molecule has 0 saturated heterocycles. The maximum Gasteiger partial charge on any atom is 0.325 e. The van der Waals surface area contributed by atoms with Crippen molar-refractivity contribution in [3.8, 4) is 6.07 Å². The van der Waals surface area contributed by atoms with E-state index in [0.29, 0.717) is 23.2 Å². The summed E-state index contributed by atoms with van der Waals surface area (Å²) in [6.07, 6.45) is 2.13. The monoisotopic (exact) mass is 278 g/mol. The minimum atomic E-state index is -0.241. The topological polar surface area (TPSA) is 53.3 Å². The number of nitrogens with zero attached hydrogens (tertiary/aromatic N) is 2. The van der Waals surface area contributed by atoms with Gasteiger partial charge in [-0.05, 0) is 38.0 Å². The molecule has 1 saturated carbocycles. The Hall–Kier alpha value is -1.73. The molecule has 0 N–H and O–H groups in total. The molecule has 2 rings (SSSR count). The van der Waals surface area contributed by atoms with E-state index in [9.17, 15) is 4.79 Å². The van der Waals surface area contributed by atoms with Crippen LogP contribution in [0.4, 0.5) is 5.69 Å². The number of hydrogen-bond donors (Lipinski definition) is 0. The Balaban J connectivity index is 2.17. The summed E-state index contributed by atoms with van der Waals surface area (Å²) in [6, 6.07) is 7.63. The molecule has 0 spiro atoms. The van der Waals surface area contributed by atoms with Gasteiger partial charge in [0.25, 0.3) is 0 Å². The first-order chi connectivity index (χ1) is 9.15. The first-order valence-electron chi connectivity index (χ1n) is 6.27. The van der Waals surface area contributed by atoms with Gasteiger partial charge in [0.15, 0.2) is 0 Å². The van der Waals surface area contributed by atoms with E-state index in [1.165, 1.54) is 0 Å². The maximum absolute atomic E-state index is 11.6. The summed E-state index contributed by atoms with van der Waals surface area (Å²) in [4.78, 5) is 13.6. The number of rotatable bonds is 5. The quantitative estimate of drug-likeness (QED) is 0.777. The number of nitriles is 1. The summed E-state index contributed by atoms with van der Waals surface area (Å²) in [7, 11) is 0. The number of hydrogen-bond acceptors (Lipinski definition) is 4. The van der Waals surface area contributed by atoms with Crippen molar-refractivity contribution in [2.45, 2.75) is 25.8 Å². The lowest BCUT2D eigenvalue weighted by atomic mass is 10.2. The number of benzene rings is 1. The summed E-state index contributed by atoms with van der Waals surface area (Å²) in [5.41, 5.74) is 1.30. The van der Waals surface area contributed by atoms with Crippen molar-refractivity contribution in [3.63, 3.8) is 0 Å². The van der Waals surface area contributed by atoms with Crippen molar-refractivity contribution in [1.82, 2.24) is 0 Å². The highest BCUT2D eigenvalue weighted by Crippen LogP contribution is 2.33. The molecule has 0 unspecified atom stereocenters. The van der Waals surface area contributed by atoms with E-state index in [0.717, 1.165) is 18.5 Å². The molecular formula is C14H15ClN2O2. The van der Waals surface area contributed by atoms with Crippen LogP contribution in [-0.4, -0.2) is 25.2 Å². The number of carbonyl (C=O) groups is 1. The van der Waals surface area contributed by atoms with Gasteiger partial charge in [-0.1, -0.05) is 11.6 Å². The first kappa shape index (κ1) is 13.7. The molecule has 0 aliphatic heterocycles. The van der Waals surface area contributed by atoms with Crippen molar-refractivity contribution < 1.29 is 9.53 Å². The van der Waals surface area contributed by atoms with Gasteiger partial charge in [0, 0.05) is 11.7 Å². The Labute approximate surface area is 117 Å². The van der Waals surface area contributed by atoms with Gasteiger partial charge in [0.05, 0.1) is 17.2 Å². The molecule has 0 atom stereocenters. The van der Waals surface area contributed by atoms with Gasteiger partial charge in [-0.25, -0.2) is 0 Å². The summed E-state index contributed by atoms with van der Waals surface area (Å²) in [6.45, 7) is 2.39. The smallest absolute Gasteiger partial charge is 0.325 e. The summed E-state index contributed by atoms with van der Waals surface area (Å²) in [5, 5.41) is 9.27. The van der Waals surface area contributed by atoms with Crippen LogP contribution in [-0.2, 0) is 9.53 Å². The zero-order chi connectivity index (χ0) is 13.8. The van der Waals surface area contributed by atoms with Crippen LogP contribution in [0.1, 0.15) is 25.3 Å². The molecule has 0 radical (unpaired) electrons. The average molecular weight is 279 g/mol. The fraction of sp³-hybridized carbons (Fsp3) is 0.429. The van der Waals surface area contributed by atoms with Crippen LogP contribution in [0.3, 0.4) is 0 Å². The molecule has 1 aromatic carbocycles. The van der Waals surface area contributed by atoms with Crippen LogP contribution in [0, 0.1) is 11.3 Å². The Morgan fingerprint density at radius 3 is 2.84 bits per heavy atom. The molecule has 0 amide bonds. The molecule has 19 heavy (non-hydrogen) atoms. The largest absolute Gasteiger partial charge is 0.465 e. The van der Waals surface area contributed by atoms with E-state index >= 15 is 0 Å². The fourth-order valence-electron chi connectivity index (χ4n) is 1.94. The third kappa shape index (κ3) is 3.39. The van der Waals surface area contributed by atoms with E-state index < -0.39 is 0 Å². The Kier molecular flexibility index (Phi) is 4.28. The molecule has 100 valence electrons. The zero-order valence-electron chi connectivity index (χ0n) is 10.7. The third-order valence-corrected chi connectivity index (χ3v) is 3.31. The minimum absolute atomic E-state index is 0.223. The molecule has 1 fully saturated rings. The first-order valence-corrected chi connectivity index (χ1v) is 6.65. The zero-order valence-corrected chi connectivity index (χ0v) is 11.5. The molecule has 5 heteroatoms. The van der Waals surface area contributed by atoms with Crippen molar-refractivity contribution >= 4 is 23.3 Å². The van der Waals surface area contributed by atoms with Crippen molar-refractivity contribution in [2.75, 3.05) is 18.1 Å². The Morgan fingerprint density at radius 1 is 1.58 bits per heavy atom. The second-order valence-electron chi connectivity index (χ2n) is 4.44. The van der Waals surface area contributed by atoms with Crippen molar-refractivity contribution in [3.05, 3.63) is 28.8 Å². The van der Waals surface area contributed by atoms with E-state index in [1.807, 2.05) is 17.0 Å². The second-order valence-corrected chi connectivity index (χ2v) is 4.85. The van der Waals surface area contributed by atoms with Gasteiger partial charge >= 0.3 is 5.97 Å². The lowest BCUT2D eigenvalue weighted by Crippen LogP contribution is -2.32. The molecule has 0 aromatic heterocycles. The molecular weight excluding hydrogens is 264 g/mol. The highest BCUT2D eigenvalue weighted by Gasteiger charge is 2.31. The second kappa shape index (κ2) is 5.94. The standard InChI is InChI=1S/C14H15ClN2O2/c1-2-19-14(18)9-17(11-5-6-11)12-4-3-10(8-16)13(15)7-12/h3-4,7,11H,2,5-6,9H2,1H3. The molecule has 1 aliphatic rings.